The molecule has 0 saturated heterocycles. The molecule has 1 aromatic rings. The van der Waals surface area contributed by atoms with Crippen molar-refractivity contribution in [3.05, 3.63) is 29.6 Å². The molecule has 0 radical (unpaired) electrons. The molecular formula is C13H23N3O. The van der Waals surface area contributed by atoms with E-state index in [1.807, 2.05) is 6.07 Å². The van der Waals surface area contributed by atoms with Gasteiger partial charge in [0.2, 0.25) is 0 Å². The Morgan fingerprint density at radius 3 is 2.88 bits per heavy atom. The van der Waals surface area contributed by atoms with E-state index in [1.165, 1.54) is 12.0 Å². The van der Waals surface area contributed by atoms with Crippen molar-refractivity contribution < 1.29 is 5.11 Å². The minimum absolute atomic E-state index is 0.196. The molecule has 3 N–H and O–H groups in total. The lowest BCUT2D eigenvalue weighted by Crippen LogP contribution is -2.28. The van der Waals surface area contributed by atoms with Crippen LogP contribution in [-0.4, -0.2) is 34.7 Å². The zero-order chi connectivity index (χ0) is 12.5. The SMILES string of the molecule is CCCCN(CCO)Cc1cccnc1CN. The molecule has 0 aromatic carbocycles. The van der Waals surface area contributed by atoms with Gasteiger partial charge in [0.1, 0.15) is 0 Å². The Morgan fingerprint density at radius 1 is 1.41 bits per heavy atom. The van der Waals surface area contributed by atoms with E-state index in [0.717, 1.165) is 25.2 Å². The van der Waals surface area contributed by atoms with Gasteiger partial charge in [-0.3, -0.25) is 9.88 Å². The molecule has 0 fully saturated rings. The molecule has 1 aromatic heterocycles. The van der Waals surface area contributed by atoms with Gasteiger partial charge in [-0.25, -0.2) is 0 Å². The Kier molecular flexibility index (Phi) is 6.77. The van der Waals surface area contributed by atoms with Gasteiger partial charge >= 0.3 is 0 Å². The molecule has 0 bridgehead atoms. The van der Waals surface area contributed by atoms with Gasteiger partial charge in [-0.2, -0.15) is 0 Å². The number of rotatable bonds is 8. The highest BCUT2D eigenvalue weighted by Crippen LogP contribution is 2.09. The number of hydrogen-bond donors (Lipinski definition) is 2. The third-order valence-electron chi connectivity index (χ3n) is 2.82. The molecule has 1 heterocycles. The zero-order valence-electron chi connectivity index (χ0n) is 10.6. The van der Waals surface area contributed by atoms with E-state index >= 15 is 0 Å². The molecule has 4 nitrogen and oxygen atoms in total. The second-order valence-electron chi connectivity index (χ2n) is 4.17. The first-order valence-corrected chi connectivity index (χ1v) is 6.27. The highest BCUT2D eigenvalue weighted by molar-refractivity contribution is 5.19. The first-order valence-electron chi connectivity index (χ1n) is 6.27. The van der Waals surface area contributed by atoms with Crippen molar-refractivity contribution in [3.8, 4) is 0 Å². The monoisotopic (exact) mass is 237 g/mol. The largest absolute Gasteiger partial charge is 0.395 e. The van der Waals surface area contributed by atoms with Crippen molar-refractivity contribution in [2.24, 2.45) is 5.73 Å². The number of nitrogens with zero attached hydrogens (tertiary/aromatic N) is 2. The van der Waals surface area contributed by atoms with Crippen LogP contribution in [0.25, 0.3) is 0 Å². The van der Waals surface area contributed by atoms with Gasteiger partial charge in [0, 0.05) is 25.8 Å². The van der Waals surface area contributed by atoms with E-state index in [2.05, 4.69) is 22.9 Å². The first-order chi connectivity index (χ1) is 8.31. The fraction of sp³-hybridized carbons (Fsp3) is 0.615. The summed E-state index contributed by atoms with van der Waals surface area (Å²) in [5, 5.41) is 9.06. The summed E-state index contributed by atoms with van der Waals surface area (Å²) in [6.45, 7) is 5.38. The van der Waals surface area contributed by atoms with Crippen LogP contribution < -0.4 is 5.73 Å². The second kappa shape index (κ2) is 8.17. The number of nitrogens with two attached hydrogens (primary N) is 1. The lowest BCUT2D eigenvalue weighted by molar-refractivity contribution is 0.188. The van der Waals surface area contributed by atoms with Crippen LogP contribution in [0.5, 0.6) is 0 Å². The minimum atomic E-state index is 0.196. The molecule has 0 aliphatic rings. The number of aromatic nitrogens is 1. The molecule has 4 heteroatoms. The molecule has 0 spiro atoms. The summed E-state index contributed by atoms with van der Waals surface area (Å²) in [5.41, 5.74) is 7.79. The highest BCUT2D eigenvalue weighted by atomic mass is 16.3. The van der Waals surface area contributed by atoms with Gasteiger partial charge in [0.25, 0.3) is 0 Å². The lowest BCUT2D eigenvalue weighted by atomic mass is 10.1. The Bertz CT molecular complexity index is 317. The number of hydrogen-bond acceptors (Lipinski definition) is 4. The third kappa shape index (κ3) is 4.81. The highest BCUT2D eigenvalue weighted by Gasteiger charge is 2.08. The molecule has 0 aliphatic carbocycles. The smallest absolute Gasteiger partial charge is 0.0584 e. The molecule has 0 aliphatic heterocycles. The normalized spacial score (nSPS) is 11.1. The predicted octanol–water partition coefficient (Wildman–Crippen LogP) is 1.13. The average molecular weight is 237 g/mol. The van der Waals surface area contributed by atoms with Crippen molar-refractivity contribution >= 4 is 0 Å². The topological polar surface area (TPSA) is 62.4 Å². The van der Waals surface area contributed by atoms with Crippen molar-refractivity contribution in [2.75, 3.05) is 19.7 Å². The molecule has 17 heavy (non-hydrogen) atoms. The minimum Gasteiger partial charge on any atom is -0.395 e. The van der Waals surface area contributed by atoms with Crippen molar-refractivity contribution in [2.45, 2.75) is 32.9 Å². The van der Waals surface area contributed by atoms with Gasteiger partial charge in [-0.05, 0) is 24.6 Å². The van der Waals surface area contributed by atoms with Crippen molar-refractivity contribution in [3.63, 3.8) is 0 Å². The van der Waals surface area contributed by atoms with Gasteiger partial charge in [-0.15, -0.1) is 0 Å². The zero-order valence-corrected chi connectivity index (χ0v) is 10.6. The molecule has 0 atom stereocenters. The van der Waals surface area contributed by atoms with E-state index in [0.29, 0.717) is 13.1 Å². The Balaban J connectivity index is 2.63. The van der Waals surface area contributed by atoms with E-state index in [-0.39, 0.29) is 6.61 Å². The van der Waals surface area contributed by atoms with Crippen molar-refractivity contribution in [1.82, 2.24) is 9.88 Å². The van der Waals surface area contributed by atoms with Gasteiger partial charge in [-0.1, -0.05) is 19.4 Å². The van der Waals surface area contributed by atoms with Gasteiger partial charge < -0.3 is 10.8 Å². The maximum absolute atomic E-state index is 9.06. The quantitative estimate of drug-likeness (QED) is 0.711. The van der Waals surface area contributed by atoms with E-state index in [9.17, 15) is 0 Å². The van der Waals surface area contributed by atoms with Gasteiger partial charge in [0.15, 0.2) is 0 Å². The summed E-state index contributed by atoms with van der Waals surface area (Å²) < 4.78 is 0. The third-order valence-corrected chi connectivity index (χ3v) is 2.82. The Hall–Kier alpha value is -0.970. The summed E-state index contributed by atoms with van der Waals surface area (Å²) in [7, 11) is 0. The number of aliphatic hydroxyl groups is 1. The first kappa shape index (κ1) is 14.1. The van der Waals surface area contributed by atoms with Crippen LogP contribution in [0.4, 0.5) is 0 Å². The van der Waals surface area contributed by atoms with Crippen LogP contribution in [0.3, 0.4) is 0 Å². The van der Waals surface area contributed by atoms with E-state index in [1.54, 1.807) is 6.20 Å². The lowest BCUT2D eigenvalue weighted by Gasteiger charge is -2.22. The molecular weight excluding hydrogens is 214 g/mol. The van der Waals surface area contributed by atoms with Crippen LogP contribution in [0.15, 0.2) is 18.3 Å². The summed E-state index contributed by atoms with van der Waals surface area (Å²) >= 11 is 0. The van der Waals surface area contributed by atoms with Crippen LogP contribution in [-0.2, 0) is 13.1 Å². The number of aliphatic hydroxyl groups excluding tert-OH is 1. The summed E-state index contributed by atoms with van der Waals surface area (Å²) in [4.78, 5) is 6.53. The average Bonchev–Trinajstić information content (AvgIpc) is 2.37. The fourth-order valence-electron chi connectivity index (χ4n) is 1.83. The Labute approximate surface area is 103 Å². The summed E-state index contributed by atoms with van der Waals surface area (Å²) in [6, 6.07) is 4.00. The molecule has 1 rings (SSSR count). The van der Waals surface area contributed by atoms with Crippen molar-refractivity contribution in [1.29, 1.82) is 0 Å². The predicted molar refractivity (Wildman–Crippen MR) is 69.4 cm³/mol. The molecule has 0 unspecified atom stereocenters. The van der Waals surface area contributed by atoms with Crippen LogP contribution in [0.1, 0.15) is 31.0 Å². The fourth-order valence-corrected chi connectivity index (χ4v) is 1.83. The standard InChI is InChI=1S/C13H23N3O/c1-2-3-7-16(8-9-17)11-12-5-4-6-15-13(12)10-14/h4-6,17H,2-3,7-11,14H2,1H3. The molecule has 0 saturated carbocycles. The van der Waals surface area contributed by atoms with Crippen LogP contribution in [0, 0.1) is 0 Å². The molecule has 0 amide bonds. The maximum atomic E-state index is 9.06. The summed E-state index contributed by atoms with van der Waals surface area (Å²) in [5.74, 6) is 0. The number of pyridine rings is 1. The van der Waals surface area contributed by atoms with E-state index < -0.39 is 0 Å². The summed E-state index contributed by atoms with van der Waals surface area (Å²) in [6.07, 6.45) is 4.09. The van der Waals surface area contributed by atoms with Gasteiger partial charge in [0.05, 0.1) is 12.3 Å². The van der Waals surface area contributed by atoms with Crippen LogP contribution >= 0.6 is 0 Å². The molecule has 96 valence electrons. The maximum Gasteiger partial charge on any atom is 0.0584 e. The number of unbranched alkanes of at least 4 members (excludes halogenated alkanes) is 1. The van der Waals surface area contributed by atoms with E-state index in [4.69, 9.17) is 10.8 Å². The van der Waals surface area contributed by atoms with Crippen LogP contribution in [0.2, 0.25) is 0 Å². The Morgan fingerprint density at radius 2 is 2.24 bits per heavy atom. The second-order valence-corrected chi connectivity index (χ2v) is 4.17.